The summed E-state index contributed by atoms with van der Waals surface area (Å²) < 4.78 is 16.8. The molecule has 0 aliphatic rings. The molecule has 0 aliphatic carbocycles. The summed E-state index contributed by atoms with van der Waals surface area (Å²) in [5.74, 6) is 0.00312. The number of carbonyl (C=O) groups excluding carboxylic acids is 1. The van der Waals surface area contributed by atoms with E-state index in [1.165, 1.54) is 0 Å². The van der Waals surface area contributed by atoms with Crippen LogP contribution in [0.4, 0.5) is 0 Å². The summed E-state index contributed by atoms with van der Waals surface area (Å²) in [5.41, 5.74) is 3.83. The van der Waals surface area contributed by atoms with Gasteiger partial charge in [0.2, 0.25) is 0 Å². The first-order chi connectivity index (χ1) is 9.76. The summed E-state index contributed by atoms with van der Waals surface area (Å²) in [5, 5.41) is 0. The second-order valence-electron chi connectivity index (χ2n) is 7.61. The van der Waals surface area contributed by atoms with Gasteiger partial charge in [-0.05, 0) is 48.0 Å². The van der Waals surface area contributed by atoms with E-state index in [1.54, 1.807) is 27.9 Å². The highest BCUT2D eigenvalue weighted by atomic mass is 16.5. The van der Waals surface area contributed by atoms with E-state index in [-0.39, 0.29) is 17.5 Å². The monoisotopic (exact) mass is 317 g/mol. The van der Waals surface area contributed by atoms with E-state index in [2.05, 4.69) is 0 Å². The van der Waals surface area contributed by atoms with Gasteiger partial charge >= 0.3 is 0 Å². The number of carbonyl (C=O) groups is 1. The Bertz CT molecular complexity index is 362. The molecule has 0 radical (unpaired) electrons. The van der Waals surface area contributed by atoms with E-state index in [0.717, 1.165) is 0 Å². The molecule has 2 N–H and O–H groups in total. The van der Waals surface area contributed by atoms with E-state index in [0.29, 0.717) is 13.0 Å². The molecule has 5 heteroatoms. The van der Waals surface area contributed by atoms with Crippen LogP contribution in [0.3, 0.4) is 0 Å². The average Bonchev–Trinajstić information content (AvgIpc) is 2.36. The molecule has 132 valence electrons. The molecule has 2 atom stereocenters. The third-order valence-corrected chi connectivity index (χ3v) is 4.29. The molecule has 22 heavy (non-hydrogen) atoms. The predicted molar refractivity (Wildman–Crippen MR) is 88.7 cm³/mol. The number of hydrogen-bond acceptors (Lipinski definition) is 5. The lowest BCUT2D eigenvalue weighted by molar-refractivity contribution is -0.161. The molecule has 0 amide bonds. The zero-order valence-corrected chi connectivity index (χ0v) is 15.8. The van der Waals surface area contributed by atoms with Gasteiger partial charge in [-0.1, -0.05) is 13.8 Å². The third kappa shape index (κ3) is 6.32. The van der Waals surface area contributed by atoms with Crippen molar-refractivity contribution in [2.45, 2.75) is 85.3 Å². The first kappa shape index (κ1) is 21.5. The van der Waals surface area contributed by atoms with Gasteiger partial charge in [-0.3, -0.25) is 4.79 Å². The van der Waals surface area contributed by atoms with Crippen molar-refractivity contribution in [1.82, 2.24) is 0 Å². The van der Waals surface area contributed by atoms with Crippen LogP contribution in [0.1, 0.15) is 61.8 Å². The van der Waals surface area contributed by atoms with Crippen molar-refractivity contribution in [3.63, 3.8) is 0 Å². The Kier molecular flexibility index (Phi) is 7.69. The summed E-state index contributed by atoms with van der Waals surface area (Å²) in [6.45, 7) is 15.4. The van der Waals surface area contributed by atoms with Crippen LogP contribution in [0.25, 0.3) is 0 Å². The second kappa shape index (κ2) is 7.86. The van der Waals surface area contributed by atoms with Gasteiger partial charge in [-0.2, -0.15) is 0 Å². The lowest BCUT2D eigenvalue weighted by Gasteiger charge is -2.38. The Hall–Kier alpha value is -0.490. The lowest BCUT2D eigenvalue weighted by Crippen LogP contribution is -2.50. The summed E-state index contributed by atoms with van der Waals surface area (Å²) in [6.07, 6.45) is 0.0129. The lowest BCUT2D eigenvalue weighted by atomic mass is 9.76. The molecule has 0 aromatic heterocycles. The number of Topliss-reactive ketones (excluding diaryl/α,β-unsaturated/α-hetero) is 1. The first-order valence-corrected chi connectivity index (χ1v) is 7.91. The molecular formula is C17H35NO4. The Morgan fingerprint density at radius 2 is 1.59 bits per heavy atom. The summed E-state index contributed by atoms with van der Waals surface area (Å²) in [6, 6.07) is 0. The Balaban J connectivity index is 4.78. The Labute approximate surface area is 135 Å². The fourth-order valence-corrected chi connectivity index (χ4v) is 2.17. The highest BCUT2D eigenvalue weighted by Crippen LogP contribution is 2.32. The van der Waals surface area contributed by atoms with Gasteiger partial charge in [-0.15, -0.1) is 0 Å². The standard InChI is InChI=1S/C17H35NO4/c1-12(22-13(2)18)16(5,6)14(19)17(7,8)21-11-10-15(3,4)20-9/h12-13H,10-11,18H2,1-9H3. The van der Waals surface area contributed by atoms with Gasteiger partial charge in [0.25, 0.3) is 0 Å². The van der Waals surface area contributed by atoms with Crippen LogP contribution in [-0.2, 0) is 19.0 Å². The number of nitrogens with two attached hydrogens (primary N) is 1. The SMILES string of the molecule is COC(C)(C)CCOC(C)(C)C(=O)C(C)(C)C(C)OC(C)N. The second-order valence-corrected chi connectivity index (χ2v) is 7.61. The predicted octanol–water partition coefficient (Wildman–Crippen LogP) is 2.90. The van der Waals surface area contributed by atoms with Crippen LogP contribution in [0.2, 0.25) is 0 Å². The van der Waals surface area contributed by atoms with Crippen LogP contribution < -0.4 is 5.73 Å². The van der Waals surface area contributed by atoms with Crippen LogP contribution in [0, 0.1) is 5.41 Å². The maximum absolute atomic E-state index is 12.9. The van der Waals surface area contributed by atoms with Crippen LogP contribution in [0.15, 0.2) is 0 Å². The Morgan fingerprint density at radius 1 is 1.09 bits per heavy atom. The van der Waals surface area contributed by atoms with Crippen LogP contribution in [0.5, 0.6) is 0 Å². The van der Waals surface area contributed by atoms with E-state index in [4.69, 9.17) is 19.9 Å². The van der Waals surface area contributed by atoms with E-state index >= 15 is 0 Å². The van der Waals surface area contributed by atoms with Crippen molar-refractivity contribution >= 4 is 5.78 Å². The fourth-order valence-electron chi connectivity index (χ4n) is 2.17. The number of ketones is 1. The quantitative estimate of drug-likeness (QED) is 0.627. The van der Waals surface area contributed by atoms with Crippen LogP contribution >= 0.6 is 0 Å². The van der Waals surface area contributed by atoms with Gasteiger partial charge in [0.15, 0.2) is 5.78 Å². The molecular weight excluding hydrogens is 282 g/mol. The zero-order chi connectivity index (χ0) is 17.8. The third-order valence-electron chi connectivity index (χ3n) is 4.29. The molecule has 5 nitrogen and oxygen atoms in total. The number of methoxy groups -OCH3 is 1. The van der Waals surface area contributed by atoms with Crippen molar-refractivity contribution < 1.29 is 19.0 Å². The highest BCUT2D eigenvalue weighted by molar-refractivity contribution is 5.91. The van der Waals surface area contributed by atoms with E-state index in [1.807, 2.05) is 34.6 Å². The normalized spacial score (nSPS) is 16.5. The molecule has 0 spiro atoms. The maximum Gasteiger partial charge on any atom is 0.172 e. The van der Waals surface area contributed by atoms with E-state index in [9.17, 15) is 4.79 Å². The number of ether oxygens (including phenoxy) is 3. The van der Waals surface area contributed by atoms with Crippen molar-refractivity contribution in [2.24, 2.45) is 11.1 Å². The molecule has 0 fully saturated rings. The molecule has 0 aromatic rings. The summed E-state index contributed by atoms with van der Waals surface area (Å²) >= 11 is 0. The largest absolute Gasteiger partial charge is 0.379 e. The van der Waals surface area contributed by atoms with Gasteiger partial charge in [0.05, 0.1) is 23.7 Å². The zero-order valence-electron chi connectivity index (χ0n) is 15.8. The minimum atomic E-state index is -0.886. The Morgan fingerprint density at radius 3 is 2.00 bits per heavy atom. The van der Waals surface area contributed by atoms with Gasteiger partial charge in [-0.25, -0.2) is 0 Å². The number of rotatable bonds is 10. The van der Waals surface area contributed by atoms with Crippen molar-refractivity contribution in [3.05, 3.63) is 0 Å². The molecule has 0 saturated carbocycles. The van der Waals surface area contributed by atoms with Crippen molar-refractivity contribution in [1.29, 1.82) is 0 Å². The van der Waals surface area contributed by atoms with Crippen molar-refractivity contribution in [2.75, 3.05) is 13.7 Å². The summed E-state index contributed by atoms with van der Waals surface area (Å²) in [4.78, 5) is 12.9. The van der Waals surface area contributed by atoms with E-state index < -0.39 is 17.2 Å². The first-order valence-electron chi connectivity index (χ1n) is 7.91. The molecule has 0 aliphatic heterocycles. The van der Waals surface area contributed by atoms with Crippen molar-refractivity contribution in [3.8, 4) is 0 Å². The molecule has 0 saturated heterocycles. The fraction of sp³-hybridized carbons (Fsp3) is 0.941. The van der Waals surface area contributed by atoms with Crippen LogP contribution in [-0.4, -0.2) is 43.0 Å². The molecule has 0 rings (SSSR count). The van der Waals surface area contributed by atoms with Gasteiger partial charge in [0, 0.05) is 7.11 Å². The summed E-state index contributed by atoms with van der Waals surface area (Å²) in [7, 11) is 1.67. The molecule has 0 bridgehead atoms. The number of hydrogen-bond donors (Lipinski definition) is 1. The van der Waals surface area contributed by atoms with Gasteiger partial charge < -0.3 is 19.9 Å². The smallest absolute Gasteiger partial charge is 0.172 e. The highest BCUT2D eigenvalue weighted by Gasteiger charge is 2.44. The molecule has 2 unspecified atom stereocenters. The molecule has 0 heterocycles. The minimum absolute atomic E-state index is 0.00312. The molecule has 0 aromatic carbocycles. The average molecular weight is 317 g/mol. The van der Waals surface area contributed by atoms with Gasteiger partial charge in [0.1, 0.15) is 11.8 Å². The topological polar surface area (TPSA) is 70.8 Å². The minimum Gasteiger partial charge on any atom is -0.379 e. The maximum atomic E-state index is 12.9.